The summed E-state index contributed by atoms with van der Waals surface area (Å²) < 4.78 is 11.2. The maximum absolute atomic E-state index is 12.7. The van der Waals surface area contributed by atoms with E-state index in [2.05, 4.69) is 10.3 Å². The van der Waals surface area contributed by atoms with Crippen molar-refractivity contribution in [3.8, 4) is 11.5 Å². The molecule has 2 aromatic rings. The van der Waals surface area contributed by atoms with Crippen molar-refractivity contribution in [3.05, 3.63) is 34.6 Å². The molecule has 0 bridgehead atoms. The standard InChI is InChI=1S/C18H20N2O4S/c1-9-16(11(3)21)10(2)19-17(9)18(22)20-12-7-13-14(8-15(12)25-4)24-6-5-23-13/h7-8,19H,5-6H2,1-4H3,(H,20,22). The Kier molecular flexibility index (Phi) is 4.76. The van der Waals surface area contributed by atoms with Crippen LogP contribution in [0.3, 0.4) is 0 Å². The van der Waals surface area contributed by atoms with E-state index in [1.165, 1.54) is 18.7 Å². The number of nitrogens with one attached hydrogen (secondary N) is 2. The Hall–Kier alpha value is -2.41. The van der Waals surface area contributed by atoms with E-state index in [1.54, 1.807) is 19.9 Å². The van der Waals surface area contributed by atoms with Gasteiger partial charge in [0.25, 0.3) is 5.91 Å². The average Bonchev–Trinajstić information content (AvgIpc) is 2.88. The minimum atomic E-state index is -0.292. The Balaban J connectivity index is 1.93. The van der Waals surface area contributed by atoms with E-state index >= 15 is 0 Å². The summed E-state index contributed by atoms with van der Waals surface area (Å²) in [4.78, 5) is 28.4. The second kappa shape index (κ2) is 6.84. The van der Waals surface area contributed by atoms with E-state index in [9.17, 15) is 9.59 Å². The maximum atomic E-state index is 12.7. The summed E-state index contributed by atoms with van der Waals surface area (Å²) in [6.07, 6.45) is 1.93. The normalized spacial score (nSPS) is 12.8. The number of rotatable bonds is 4. The quantitative estimate of drug-likeness (QED) is 0.643. The van der Waals surface area contributed by atoms with Gasteiger partial charge in [0.2, 0.25) is 0 Å². The highest BCUT2D eigenvalue weighted by atomic mass is 32.2. The fourth-order valence-electron chi connectivity index (χ4n) is 3.03. The predicted octanol–water partition coefficient (Wildman–Crippen LogP) is 3.58. The Bertz CT molecular complexity index is 857. The molecule has 0 fully saturated rings. The summed E-state index contributed by atoms with van der Waals surface area (Å²) in [6.45, 7) is 6.06. The van der Waals surface area contributed by atoms with Crippen LogP contribution in [0.2, 0.25) is 0 Å². The highest BCUT2D eigenvalue weighted by molar-refractivity contribution is 7.98. The molecule has 6 nitrogen and oxygen atoms in total. The molecular formula is C18H20N2O4S. The third-order valence-electron chi connectivity index (χ3n) is 4.13. The van der Waals surface area contributed by atoms with Gasteiger partial charge in [-0.1, -0.05) is 0 Å². The highest BCUT2D eigenvalue weighted by Gasteiger charge is 2.22. The number of fused-ring (bicyclic) bond motifs is 1. The smallest absolute Gasteiger partial charge is 0.272 e. The second-order valence-corrected chi connectivity index (χ2v) is 6.68. The lowest BCUT2D eigenvalue weighted by Crippen LogP contribution is -2.17. The van der Waals surface area contributed by atoms with Gasteiger partial charge in [-0.05, 0) is 38.7 Å². The summed E-state index contributed by atoms with van der Waals surface area (Å²) >= 11 is 1.51. The summed E-state index contributed by atoms with van der Waals surface area (Å²) in [5.74, 6) is 0.942. The Morgan fingerprint density at radius 1 is 1.16 bits per heavy atom. The van der Waals surface area contributed by atoms with E-state index < -0.39 is 0 Å². The molecule has 3 rings (SSSR count). The van der Waals surface area contributed by atoms with Gasteiger partial charge >= 0.3 is 0 Å². The van der Waals surface area contributed by atoms with Crippen LogP contribution in [0.15, 0.2) is 17.0 Å². The fraction of sp³-hybridized carbons (Fsp3) is 0.333. The van der Waals surface area contributed by atoms with Gasteiger partial charge in [-0.3, -0.25) is 9.59 Å². The molecule has 132 valence electrons. The molecule has 1 aliphatic rings. The van der Waals surface area contributed by atoms with Crippen molar-refractivity contribution in [2.75, 3.05) is 24.8 Å². The molecule has 2 N–H and O–H groups in total. The number of Topliss-reactive ketones (excluding diaryl/α,β-unsaturated/α-hetero) is 1. The number of carbonyl (C=O) groups is 2. The number of hydrogen-bond donors (Lipinski definition) is 2. The van der Waals surface area contributed by atoms with Gasteiger partial charge in [0.05, 0.1) is 5.69 Å². The van der Waals surface area contributed by atoms with Crippen LogP contribution in [0.5, 0.6) is 11.5 Å². The summed E-state index contributed by atoms with van der Waals surface area (Å²) in [6, 6.07) is 3.64. The number of aromatic nitrogens is 1. The number of aryl methyl sites for hydroxylation is 1. The largest absolute Gasteiger partial charge is 0.486 e. The van der Waals surface area contributed by atoms with Crippen LogP contribution >= 0.6 is 11.8 Å². The molecular weight excluding hydrogens is 340 g/mol. The van der Waals surface area contributed by atoms with Gasteiger partial charge in [-0.2, -0.15) is 0 Å². The Morgan fingerprint density at radius 2 is 1.80 bits per heavy atom. The number of thioether (sulfide) groups is 1. The zero-order chi connectivity index (χ0) is 18.1. The topological polar surface area (TPSA) is 80.4 Å². The van der Waals surface area contributed by atoms with Gasteiger partial charge in [0.1, 0.15) is 18.9 Å². The molecule has 0 saturated carbocycles. The molecule has 1 amide bonds. The summed E-state index contributed by atoms with van der Waals surface area (Å²) in [5, 5.41) is 2.91. The third kappa shape index (κ3) is 3.24. The van der Waals surface area contributed by atoms with Gasteiger partial charge in [-0.25, -0.2) is 0 Å². The molecule has 0 aliphatic carbocycles. The first kappa shape index (κ1) is 17.4. The maximum Gasteiger partial charge on any atom is 0.272 e. The van der Waals surface area contributed by atoms with Crippen molar-refractivity contribution in [1.29, 1.82) is 0 Å². The van der Waals surface area contributed by atoms with E-state index in [0.717, 1.165) is 4.90 Å². The van der Waals surface area contributed by atoms with Gasteiger partial charge in [0, 0.05) is 22.2 Å². The highest BCUT2D eigenvalue weighted by Crippen LogP contribution is 2.39. The van der Waals surface area contributed by atoms with Crippen molar-refractivity contribution in [2.24, 2.45) is 0 Å². The van der Waals surface area contributed by atoms with Crippen LogP contribution < -0.4 is 14.8 Å². The van der Waals surface area contributed by atoms with Crippen molar-refractivity contribution in [2.45, 2.75) is 25.7 Å². The van der Waals surface area contributed by atoms with Crippen molar-refractivity contribution >= 4 is 29.1 Å². The number of amides is 1. The van der Waals surface area contributed by atoms with E-state index in [0.29, 0.717) is 52.9 Å². The van der Waals surface area contributed by atoms with Crippen LogP contribution in [-0.2, 0) is 0 Å². The minimum Gasteiger partial charge on any atom is -0.486 e. The molecule has 1 aromatic heterocycles. The van der Waals surface area contributed by atoms with Gasteiger partial charge in [-0.15, -0.1) is 11.8 Å². The number of ether oxygens (including phenoxy) is 2. The zero-order valence-corrected chi connectivity index (χ0v) is 15.4. The zero-order valence-electron chi connectivity index (χ0n) is 14.6. The Labute approximate surface area is 150 Å². The predicted molar refractivity (Wildman–Crippen MR) is 97.4 cm³/mol. The lowest BCUT2D eigenvalue weighted by atomic mass is 10.1. The molecule has 7 heteroatoms. The van der Waals surface area contributed by atoms with E-state index in [-0.39, 0.29) is 11.7 Å². The molecule has 0 unspecified atom stereocenters. The third-order valence-corrected chi connectivity index (χ3v) is 4.91. The van der Waals surface area contributed by atoms with Crippen LogP contribution in [0.25, 0.3) is 0 Å². The van der Waals surface area contributed by atoms with Crippen molar-refractivity contribution in [1.82, 2.24) is 4.98 Å². The number of benzene rings is 1. The molecule has 0 saturated heterocycles. The lowest BCUT2D eigenvalue weighted by Gasteiger charge is -2.21. The first-order valence-corrected chi connectivity index (χ1v) is 9.14. The van der Waals surface area contributed by atoms with E-state index in [4.69, 9.17) is 9.47 Å². The van der Waals surface area contributed by atoms with Gasteiger partial charge < -0.3 is 19.8 Å². The number of carbonyl (C=O) groups excluding carboxylic acids is 2. The first-order valence-electron chi connectivity index (χ1n) is 7.91. The minimum absolute atomic E-state index is 0.0607. The lowest BCUT2D eigenvalue weighted by molar-refractivity contribution is 0.101. The monoisotopic (exact) mass is 360 g/mol. The van der Waals surface area contributed by atoms with Crippen molar-refractivity contribution in [3.63, 3.8) is 0 Å². The SMILES string of the molecule is CSc1cc2c(cc1NC(=O)c1[nH]c(C)c(C(C)=O)c1C)OCCO2. The Morgan fingerprint density at radius 3 is 2.36 bits per heavy atom. The number of hydrogen-bond acceptors (Lipinski definition) is 5. The molecule has 1 aromatic carbocycles. The van der Waals surface area contributed by atoms with Crippen LogP contribution in [-0.4, -0.2) is 36.1 Å². The molecule has 2 heterocycles. The van der Waals surface area contributed by atoms with Crippen LogP contribution in [0.4, 0.5) is 5.69 Å². The van der Waals surface area contributed by atoms with E-state index in [1.807, 2.05) is 12.3 Å². The molecule has 1 aliphatic heterocycles. The number of anilines is 1. The number of H-pyrrole nitrogens is 1. The average molecular weight is 360 g/mol. The molecule has 25 heavy (non-hydrogen) atoms. The van der Waals surface area contributed by atoms with Crippen LogP contribution in [0, 0.1) is 13.8 Å². The molecule has 0 radical (unpaired) electrons. The summed E-state index contributed by atoms with van der Waals surface area (Å²) in [5.41, 5.74) is 2.97. The first-order chi connectivity index (χ1) is 11.9. The fourth-order valence-corrected chi connectivity index (χ4v) is 3.58. The summed E-state index contributed by atoms with van der Waals surface area (Å²) in [7, 11) is 0. The molecule has 0 atom stereocenters. The van der Waals surface area contributed by atoms with Crippen molar-refractivity contribution < 1.29 is 19.1 Å². The van der Waals surface area contributed by atoms with Gasteiger partial charge in [0.15, 0.2) is 17.3 Å². The second-order valence-electron chi connectivity index (χ2n) is 5.83. The van der Waals surface area contributed by atoms with Crippen LogP contribution in [0.1, 0.15) is 39.0 Å². The molecule has 0 spiro atoms. The number of aromatic amines is 1. The number of ketones is 1.